The molecule has 0 bridgehead atoms. The van der Waals surface area contributed by atoms with Crippen LogP contribution in [0.4, 0.5) is 13.2 Å². The van der Waals surface area contributed by atoms with Gasteiger partial charge in [-0.3, -0.25) is 0 Å². The van der Waals surface area contributed by atoms with Crippen molar-refractivity contribution in [3.05, 3.63) is 12.2 Å². The van der Waals surface area contributed by atoms with Gasteiger partial charge in [-0.05, 0) is 6.92 Å². The minimum Gasteiger partial charge on any atom is -0.178 e. The van der Waals surface area contributed by atoms with Gasteiger partial charge < -0.3 is 0 Å². The van der Waals surface area contributed by atoms with Crippen molar-refractivity contribution in [3.8, 4) is 0 Å². The molecule has 0 aliphatic heterocycles. The fraction of sp³-hybridized carbons (Fsp3) is 0.667. The van der Waals surface area contributed by atoms with Crippen molar-refractivity contribution >= 4 is 12.6 Å². The predicted octanol–water partition coefficient (Wildman–Crippen LogP) is 2.67. The van der Waals surface area contributed by atoms with Crippen LogP contribution in [0.15, 0.2) is 12.2 Å². The Balaban J connectivity index is 4.07. The van der Waals surface area contributed by atoms with Gasteiger partial charge in [-0.25, -0.2) is 0 Å². The highest BCUT2D eigenvalue weighted by atomic mass is 32.1. The lowest BCUT2D eigenvalue weighted by Gasteiger charge is -2.13. The van der Waals surface area contributed by atoms with E-state index in [2.05, 4.69) is 12.6 Å². The van der Waals surface area contributed by atoms with Crippen LogP contribution in [0.1, 0.15) is 6.92 Å². The van der Waals surface area contributed by atoms with Crippen molar-refractivity contribution in [2.45, 2.75) is 13.1 Å². The van der Waals surface area contributed by atoms with Gasteiger partial charge in [-0.15, -0.1) is 0 Å². The van der Waals surface area contributed by atoms with Gasteiger partial charge in [0.15, 0.2) is 0 Å². The summed E-state index contributed by atoms with van der Waals surface area (Å²) in [6, 6.07) is 0. The standard InChI is InChI=1S/C6H9F3S/c1-2-3-5(4-10)6(7,8)9/h2-3,5,10H,4H2,1H3/b3-2-. The third-order valence-corrected chi connectivity index (χ3v) is 1.44. The van der Waals surface area contributed by atoms with Gasteiger partial charge in [0.05, 0.1) is 5.92 Å². The summed E-state index contributed by atoms with van der Waals surface area (Å²) < 4.78 is 35.4. The largest absolute Gasteiger partial charge is 0.395 e. The summed E-state index contributed by atoms with van der Waals surface area (Å²) in [5.74, 6) is -1.59. The molecule has 0 rings (SSSR count). The molecule has 0 aromatic heterocycles. The molecule has 0 aromatic carbocycles. The molecule has 10 heavy (non-hydrogen) atoms. The van der Waals surface area contributed by atoms with Crippen molar-refractivity contribution in [2.75, 3.05) is 5.75 Å². The highest BCUT2D eigenvalue weighted by molar-refractivity contribution is 7.80. The molecule has 0 amide bonds. The van der Waals surface area contributed by atoms with E-state index >= 15 is 0 Å². The lowest BCUT2D eigenvalue weighted by Crippen LogP contribution is -2.22. The maximum absolute atomic E-state index is 11.8. The molecule has 0 heterocycles. The Morgan fingerprint density at radius 3 is 2.10 bits per heavy atom. The van der Waals surface area contributed by atoms with Gasteiger partial charge in [0, 0.05) is 5.75 Å². The highest BCUT2D eigenvalue weighted by Gasteiger charge is 2.36. The molecule has 0 aliphatic carbocycles. The molecule has 0 radical (unpaired) electrons. The molecule has 0 spiro atoms. The van der Waals surface area contributed by atoms with Crippen molar-refractivity contribution < 1.29 is 13.2 Å². The molecule has 0 N–H and O–H groups in total. The Kier molecular flexibility index (Phi) is 3.86. The third-order valence-electron chi connectivity index (χ3n) is 1.04. The zero-order valence-corrected chi connectivity index (χ0v) is 6.41. The molecule has 4 heteroatoms. The Labute approximate surface area is 63.5 Å². The normalized spacial score (nSPS) is 16.1. The highest BCUT2D eigenvalue weighted by Crippen LogP contribution is 2.27. The van der Waals surface area contributed by atoms with Crippen LogP contribution in [0.25, 0.3) is 0 Å². The van der Waals surface area contributed by atoms with Crippen molar-refractivity contribution in [3.63, 3.8) is 0 Å². The molecule has 0 saturated carbocycles. The van der Waals surface area contributed by atoms with Crippen LogP contribution in [0.3, 0.4) is 0 Å². The minimum absolute atomic E-state index is 0.187. The number of thiol groups is 1. The summed E-state index contributed by atoms with van der Waals surface area (Å²) in [5, 5.41) is 0. The second-order valence-corrected chi connectivity index (χ2v) is 2.22. The van der Waals surface area contributed by atoms with Crippen molar-refractivity contribution in [2.24, 2.45) is 5.92 Å². The van der Waals surface area contributed by atoms with Gasteiger partial charge in [0.2, 0.25) is 0 Å². The predicted molar refractivity (Wildman–Crippen MR) is 38.2 cm³/mol. The van der Waals surface area contributed by atoms with E-state index in [-0.39, 0.29) is 5.75 Å². The van der Waals surface area contributed by atoms with E-state index in [0.29, 0.717) is 0 Å². The number of hydrogen-bond acceptors (Lipinski definition) is 1. The van der Waals surface area contributed by atoms with Crippen LogP contribution >= 0.6 is 12.6 Å². The molecule has 1 unspecified atom stereocenters. The van der Waals surface area contributed by atoms with Crippen LogP contribution < -0.4 is 0 Å². The minimum atomic E-state index is -4.14. The average molecular weight is 170 g/mol. The fourth-order valence-corrected chi connectivity index (χ4v) is 0.835. The van der Waals surface area contributed by atoms with E-state index in [9.17, 15) is 13.2 Å². The molecule has 0 aromatic rings. The summed E-state index contributed by atoms with van der Waals surface area (Å²) in [4.78, 5) is 0. The van der Waals surface area contributed by atoms with Gasteiger partial charge >= 0.3 is 6.18 Å². The maximum atomic E-state index is 11.8. The Morgan fingerprint density at radius 1 is 1.50 bits per heavy atom. The monoisotopic (exact) mass is 170 g/mol. The number of rotatable bonds is 2. The van der Waals surface area contributed by atoms with Crippen LogP contribution in [0.2, 0.25) is 0 Å². The first-order chi connectivity index (χ1) is 4.52. The molecule has 0 nitrogen and oxygen atoms in total. The van der Waals surface area contributed by atoms with Gasteiger partial charge in [0.1, 0.15) is 0 Å². The van der Waals surface area contributed by atoms with Crippen molar-refractivity contribution in [1.82, 2.24) is 0 Å². The zero-order valence-electron chi connectivity index (χ0n) is 5.52. The van der Waals surface area contributed by atoms with Crippen LogP contribution in [-0.4, -0.2) is 11.9 Å². The molecule has 60 valence electrons. The quantitative estimate of drug-likeness (QED) is 0.478. The lowest BCUT2D eigenvalue weighted by atomic mass is 10.1. The molecule has 0 saturated heterocycles. The van der Waals surface area contributed by atoms with Crippen molar-refractivity contribution in [1.29, 1.82) is 0 Å². The Bertz CT molecular complexity index is 117. The van der Waals surface area contributed by atoms with Gasteiger partial charge in [-0.1, -0.05) is 12.2 Å². The first-order valence-electron chi connectivity index (χ1n) is 2.82. The van der Waals surface area contributed by atoms with E-state index in [4.69, 9.17) is 0 Å². The molecular weight excluding hydrogens is 161 g/mol. The summed E-state index contributed by atoms with van der Waals surface area (Å²) in [6.07, 6.45) is -1.66. The maximum Gasteiger partial charge on any atom is 0.395 e. The second kappa shape index (κ2) is 3.91. The number of halogens is 3. The summed E-state index contributed by atoms with van der Waals surface area (Å²) in [5.41, 5.74) is 0. The van der Waals surface area contributed by atoms with E-state index in [1.54, 1.807) is 6.92 Å². The molecule has 0 fully saturated rings. The number of alkyl halides is 3. The first-order valence-corrected chi connectivity index (χ1v) is 3.46. The van der Waals surface area contributed by atoms with Crippen LogP contribution in [-0.2, 0) is 0 Å². The smallest absolute Gasteiger partial charge is 0.178 e. The SMILES string of the molecule is C/C=C\C(CS)C(F)(F)F. The molecule has 1 atom stereocenters. The first kappa shape index (κ1) is 9.88. The number of allylic oxidation sites excluding steroid dienone is 2. The van der Waals surface area contributed by atoms with E-state index in [1.165, 1.54) is 6.08 Å². The van der Waals surface area contributed by atoms with Crippen LogP contribution in [0.5, 0.6) is 0 Å². The summed E-state index contributed by atoms with van der Waals surface area (Å²) in [7, 11) is 0. The second-order valence-electron chi connectivity index (χ2n) is 1.86. The van der Waals surface area contributed by atoms with E-state index in [0.717, 1.165) is 6.08 Å². The zero-order chi connectivity index (χ0) is 8.20. The fourth-order valence-electron chi connectivity index (χ4n) is 0.506. The van der Waals surface area contributed by atoms with Gasteiger partial charge in [0.25, 0.3) is 0 Å². The van der Waals surface area contributed by atoms with E-state index in [1.807, 2.05) is 0 Å². The summed E-state index contributed by atoms with van der Waals surface area (Å²) in [6.45, 7) is 1.56. The molecular formula is C6H9F3S. The van der Waals surface area contributed by atoms with E-state index < -0.39 is 12.1 Å². The molecule has 0 aliphatic rings. The Hall–Kier alpha value is -0.120. The van der Waals surface area contributed by atoms with Gasteiger partial charge in [-0.2, -0.15) is 25.8 Å². The lowest BCUT2D eigenvalue weighted by molar-refractivity contribution is -0.154. The summed E-state index contributed by atoms with van der Waals surface area (Å²) >= 11 is 3.57. The Morgan fingerprint density at radius 2 is 2.00 bits per heavy atom. The number of hydrogen-bond donors (Lipinski definition) is 1. The third kappa shape index (κ3) is 3.15. The van der Waals surface area contributed by atoms with Crippen LogP contribution in [0, 0.1) is 5.92 Å². The topological polar surface area (TPSA) is 0 Å². The average Bonchev–Trinajstić information content (AvgIpc) is 1.80.